The summed E-state index contributed by atoms with van der Waals surface area (Å²) in [6.07, 6.45) is 4.75. The van der Waals surface area contributed by atoms with Crippen LogP contribution in [0, 0.1) is 12.8 Å². The van der Waals surface area contributed by atoms with Gasteiger partial charge < -0.3 is 25.6 Å². The number of aromatic nitrogens is 3. The Balaban J connectivity index is 1.49. The van der Waals surface area contributed by atoms with Crippen molar-refractivity contribution in [2.24, 2.45) is 5.92 Å². The molecule has 2 bridgehead atoms. The molecule has 1 saturated heterocycles. The summed E-state index contributed by atoms with van der Waals surface area (Å²) in [7, 11) is 0. The number of carbonyl (C=O) groups excluding carboxylic acids is 3. The monoisotopic (exact) mass is 511 g/mol. The number of amides is 3. The zero-order chi connectivity index (χ0) is 26.2. The molecule has 2 aliphatic heterocycles. The lowest BCUT2D eigenvalue weighted by atomic mass is 9.96. The summed E-state index contributed by atoms with van der Waals surface area (Å²) >= 11 is 0. The van der Waals surface area contributed by atoms with Crippen LogP contribution in [0.4, 0.5) is 0 Å². The van der Waals surface area contributed by atoms with Gasteiger partial charge in [0.05, 0.1) is 24.9 Å². The van der Waals surface area contributed by atoms with Gasteiger partial charge in [-0.1, -0.05) is 11.3 Å². The Labute approximate surface area is 217 Å². The standard InChI is InChI=1S/C26H37N7O4/c1-18-5-6-22-23(15-18)37-14-4-13-33-17-21(30-31-33)16-32(26(36)20-7-10-27-11-8-20)12-3-9-28-24(34)19(2)29-25(22)35/h5-6,15,17,19-20,27H,3-4,7-14,16H2,1-2H3,(H,28,34)(H,29,35)/t19-/m1/s1. The summed E-state index contributed by atoms with van der Waals surface area (Å²) in [5.41, 5.74) is 2.09. The van der Waals surface area contributed by atoms with Crippen molar-refractivity contribution < 1.29 is 19.1 Å². The summed E-state index contributed by atoms with van der Waals surface area (Å²) in [4.78, 5) is 40.7. The third-order valence-corrected chi connectivity index (χ3v) is 6.75. The molecule has 2 aliphatic rings. The SMILES string of the molecule is Cc1ccc2c(c1)OCCCn1cc(nn1)CN(C(=O)C1CCNCC1)CCCNC(=O)[C@@H](C)NC2=O. The molecule has 0 spiro atoms. The van der Waals surface area contributed by atoms with Crippen LogP contribution >= 0.6 is 0 Å². The number of carbonyl (C=O) groups is 3. The van der Waals surface area contributed by atoms with Crippen LogP contribution in [0.1, 0.15) is 54.2 Å². The van der Waals surface area contributed by atoms with Crippen molar-refractivity contribution in [2.45, 2.75) is 58.7 Å². The predicted octanol–water partition coefficient (Wildman–Crippen LogP) is 1.02. The average Bonchev–Trinajstić information content (AvgIpc) is 3.35. The van der Waals surface area contributed by atoms with Gasteiger partial charge >= 0.3 is 0 Å². The van der Waals surface area contributed by atoms with Crippen molar-refractivity contribution in [2.75, 3.05) is 32.8 Å². The molecular weight excluding hydrogens is 474 g/mol. The minimum Gasteiger partial charge on any atom is -0.493 e. The highest BCUT2D eigenvalue weighted by Gasteiger charge is 2.27. The van der Waals surface area contributed by atoms with Gasteiger partial charge in [0.2, 0.25) is 11.8 Å². The first-order valence-electron chi connectivity index (χ1n) is 13.1. The molecule has 1 fully saturated rings. The molecular formula is C26H37N7O4. The maximum absolute atomic E-state index is 13.3. The van der Waals surface area contributed by atoms with Gasteiger partial charge in [0.1, 0.15) is 17.5 Å². The van der Waals surface area contributed by atoms with E-state index in [1.165, 1.54) is 0 Å². The van der Waals surface area contributed by atoms with Crippen LogP contribution in [-0.4, -0.2) is 76.4 Å². The van der Waals surface area contributed by atoms with Crippen molar-refractivity contribution >= 4 is 17.7 Å². The summed E-state index contributed by atoms with van der Waals surface area (Å²) in [5.74, 6) is -0.0508. The van der Waals surface area contributed by atoms with Gasteiger partial charge in [-0.3, -0.25) is 19.1 Å². The predicted molar refractivity (Wildman–Crippen MR) is 137 cm³/mol. The highest BCUT2D eigenvalue weighted by Crippen LogP contribution is 2.21. The molecule has 3 amide bonds. The molecule has 3 N–H and O–H groups in total. The van der Waals surface area contributed by atoms with Gasteiger partial charge in [-0.25, -0.2) is 0 Å². The van der Waals surface area contributed by atoms with Crippen molar-refractivity contribution in [3.63, 3.8) is 0 Å². The molecule has 1 aromatic carbocycles. The van der Waals surface area contributed by atoms with Gasteiger partial charge in [0.25, 0.3) is 5.91 Å². The quantitative estimate of drug-likeness (QED) is 0.521. The number of piperidine rings is 1. The third-order valence-electron chi connectivity index (χ3n) is 6.75. The largest absolute Gasteiger partial charge is 0.493 e. The number of benzene rings is 1. The highest BCUT2D eigenvalue weighted by molar-refractivity contribution is 5.99. The Kier molecular flexibility index (Phi) is 9.10. The maximum Gasteiger partial charge on any atom is 0.255 e. The van der Waals surface area contributed by atoms with Gasteiger partial charge in [-0.05, 0) is 63.9 Å². The van der Waals surface area contributed by atoms with Crippen LogP contribution in [0.2, 0.25) is 0 Å². The molecule has 0 unspecified atom stereocenters. The van der Waals surface area contributed by atoms with Gasteiger partial charge in [-0.15, -0.1) is 5.10 Å². The van der Waals surface area contributed by atoms with Gasteiger partial charge in [0.15, 0.2) is 0 Å². The molecule has 4 rings (SSSR count). The van der Waals surface area contributed by atoms with Crippen molar-refractivity contribution in [1.29, 1.82) is 0 Å². The lowest BCUT2D eigenvalue weighted by Gasteiger charge is -2.29. The number of aryl methyl sites for hydroxylation is 2. The fraction of sp³-hybridized carbons (Fsp3) is 0.577. The number of ether oxygens (including phenoxy) is 1. The normalized spacial score (nSPS) is 20.9. The van der Waals surface area contributed by atoms with E-state index in [4.69, 9.17) is 4.74 Å². The Morgan fingerprint density at radius 3 is 2.73 bits per heavy atom. The minimum atomic E-state index is -0.717. The molecule has 11 heteroatoms. The minimum absolute atomic E-state index is 0.00912. The summed E-state index contributed by atoms with van der Waals surface area (Å²) in [6, 6.07) is 4.66. The Morgan fingerprint density at radius 2 is 1.92 bits per heavy atom. The van der Waals surface area contributed by atoms with E-state index in [1.807, 2.05) is 30.2 Å². The number of hydrogen-bond donors (Lipinski definition) is 3. The molecule has 0 radical (unpaired) electrons. The first-order valence-corrected chi connectivity index (χ1v) is 13.1. The van der Waals surface area contributed by atoms with E-state index in [2.05, 4.69) is 26.3 Å². The molecule has 0 saturated carbocycles. The summed E-state index contributed by atoms with van der Waals surface area (Å²) < 4.78 is 7.71. The second kappa shape index (κ2) is 12.7. The van der Waals surface area contributed by atoms with Crippen LogP contribution < -0.4 is 20.7 Å². The molecule has 1 atom stereocenters. The van der Waals surface area contributed by atoms with Crippen molar-refractivity contribution in [1.82, 2.24) is 35.8 Å². The Morgan fingerprint density at radius 1 is 1.11 bits per heavy atom. The third kappa shape index (κ3) is 7.28. The number of hydrogen-bond acceptors (Lipinski definition) is 7. The molecule has 0 aliphatic carbocycles. The molecule has 37 heavy (non-hydrogen) atoms. The van der Waals surface area contributed by atoms with E-state index in [0.717, 1.165) is 37.2 Å². The van der Waals surface area contributed by atoms with Crippen LogP contribution in [-0.2, 0) is 22.7 Å². The van der Waals surface area contributed by atoms with Gasteiger partial charge in [-0.2, -0.15) is 0 Å². The second-order valence-corrected chi connectivity index (χ2v) is 9.80. The van der Waals surface area contributed by atoms with Crippen LogP contribution in [0.15, 0.2) is 24.4 Å². The van der Waals surface area contributed by atoms with E-state index in [0.29, 0.717) is 56.9 Å². The summed E-state index contributed by atoms with van der Waals surface area (Å²) in [5, 5.41) is 17.5. The lowest BCUT2D eigenvalue weighted by Crippen LogP contribution is -2.46. The van der Waals surface area contributed by atoms with Crippen molar-refractivity contribution in [3.8, 4) is 5.75 Å². The summed E-state index contributed by atoms with van der Waals surface area (Å²) in [6.45, 7) is 7.51. The zero-order valence-electron chi connectivity index (χ0n) is 21.7. The van der Waals surface area contributed by atoms with E-state index in [9.17, 15) is 14.4 Å². The van der Waals surface area contributed by atoms with E-state index >= 15 is 0 Å². The van der Waals surface area contributed by atoms with E-state index < -0.39 is 6.04 Å². The smallest absolute Gasteiger partial charge is 0.255 e. The first kappa shape index (κ1) is 26.6. The van der Waals surface area contributed by atoms with Crippen LogP contribution in [0.3, 0.4) is 0 Å². The number of fused-ring (bicyclic) bond motifs is 3. The molecule has 11 nitrogen and oxygen atoms in total. The Bertz CT molecular complexity index is 1100. The number of nitrogens with one attached hydrogen (secondary N) is 3. The fourth-order valence-corrected chi connectivity index (χ4v) is 4.63. The topological polar surface area (TPSA) is 130 Å². The Hall–Kier alpha value is -3.47. The molecule has 3 heterocycles. The lowest BCUT2D eigenvalue weighted by molar-refractivity contribution is -0.137. The average molecular weight is 512 g/mol. The highest BCUT2D eigenvalue weighted by atomic mass is 16.5. The number of nitrogens with zero attached hydrogens (tertiary/aromatic N) is 4. The molecule has 1 aromatic heterocycles. The zero-order valence-corrected chi connectivity index (χ0v) is 21.7. The fourth-order valence-electron chi connectivity index (χ4n) is 4.63. The first-order chi connectivity index (χ1) is 17.9. The maximum atomic E-state index is 13.3. The molecule has 2 aromatic rings. The van der Waals surface area contributed by atoms with Crippen LogP contribution in [0.25, 0.3) is 0 Å². The van der Waals surface area contributed by atoms with E-state index in [1.54, 1.807) is 17.7 Å². The van der Waals surface area contributed by atoms with Gasteiger partial charge in [0, 0.05) is 32.0 Å². The molecule has 200 valence electrons. The van der Waals surface area contributed by atoms with E-state index in [-0.39, 0.29) is 23.6 Å². The second-order valence-electron chi connectivity index (χ2n) is 9.80. The van der Waals surface area contributed by atoms with Crippen LogP contribution in [0.5, 0.6) is 5.75 Å². The number of rotatable bonds is 1. The van der Waals surface area contributed by atoms with Crippen molar-refractivity contribution in [3.05, 3.63) is 41.2 Å².